The first-order valence-corrected chi connectivity index (χ1v) is 12.0. The fraction of sp³-hybridized carbons (Fsp3) is 1.00. The van der Waals surface area contributed by atoms with Crippen molar-refractivity contribution in [3.05, 3.63) is 0 Å². The van der Waals surface area contributed by atoms with E-state index in [-0.39, 0.29) is 0 Å². The van der Waals surface area contributed by atoms with Crippen LogP contribution in [-0.4, -0.2) is 13.3 Å². The number of hydrogen-bond acceptors (Lipinski definition) is 0. The molecule has 0 aromatic rings. The van der Waals surface area contributed by atoms with Crippen LogP contribution in [0.25, 0.3) is 0 Å². The van der Waals surface area contributed by atoms with Crippen molar-refractivity contribution in [3.8, 4) is 0 Å². The molecule has 0 radical (unpaired) electrons. The van der Waals surface area contributed by atoms with Crippen LogP contribution < -0.4 is 0 Å². The minimum atomic E-state index is -1.25. The van der Waals surface area contributed by atoms with Gasteiger partial charge in [-0.3, -0.25) is 0 Å². The van der Waals surface area contributed by atoms with Gasteiger partial charge in [0.1, 0.15) is 0 Å². The molecule has 2 rings (SSSR count). The maximum absolute atomic E-state index is 2.50. The van der Waals surface area contributed by atoms with Gasteiger partial charge in [-0.2, -0.15) is 0 Å². The van der Waals surface area contributed by atoms with Crippen LogP contribution in [0.4, 0.5) is 0 Å². The molecule has 0 saturated carbocycles. The van der Waals surface area contributed by atoms with Gasteiger partial charge in [0.15, 0.2) is 0 Å². The third kappa shape index (κ3) is 1.71. The molecule has 2 fully saturated rings. The van der Waals surface area contributed by atoms with Crippen molar-refractivity contribution in [1.29, 1.82) is 0 Å². The molecule has 2 aliphatic heterocycles. The third-order valence-corrected chi connectivity index (χ3v) is 17.6. The van der Waals surface area contributed by atoms with E-state index in [2.05, 4.69) is 27.7 Å². The van der Waals surface area contributed by atoms with E-state index in [1.54, 1.807) is 21.0 Å². The summed E-state index contributed by atoms with van der Waals surface area (Å²) in [4.78, 5) is 0. The molecule has 4 atom stereocenters. The summed E-state index contributed by atoms with van der Waals surface area (Å²) in [6, 6.07) is 0. The summed E-state index contributed by atoms with van der Waals surface area (Å²) in [5.41, 5.74) is 0. The van der Waals surface area contributed by atoms with E-state index in [1.165, 1.54) is 0 Å². The van der Waals surface area contributed by atoms with Gasteiger partial charge >= 0.3 is 85.6 Å². The van der Waals surface area contributed by atoms with E-state index in [9.17, 15) is 0 Å². The molecule has 0 aromatic heterocycles. The Morgan fingerprint density at radius 3 is 1.08 bits per heavy atom. The molecule has 0 aliphatic carbocycles. The maximum atomic E-state index is 2.50. The van der Waals surface area contributed by atoms with Crippen LogP contribution in [0.1, 0.15) is 27.7 Å². The molecule has 1 spiro atoms. The van der Waals surface area contributed by atoms with Crippen LogP contribution in [0.3, 0.4) is 0 Å². The van der Waals surface area contributed by atoms with Crippen molar-refractivity contribution < 1.29 is 0 Å². The van der Waals surface area contributed by atoms with Crippen molar-refractivity contribution in [2.75, 3.05) is 0 Å². The molecule has 0 N–H and O–H groups in total. The van der Waals surface area contributed by atoms with E-state index in [0.717, 1.165) is 23.7 Å². The van der Waals surface area contributed by atoms with Crippen LogP contribution in [0.15, 0.2) is 0 Å². The molecule has 2 aliphatic rings. The van der Waals surface area contributed by atoms with Crippen LogP contribution in [-0.2, 0) is 0 Å². The zero-order chi connectivity index (χ0) is 9.64. The van der Waals surface area contributed by atoms with Crippen molar-refractivity contribution in [2.45, 2.75) is 48.7 Å². The average Bonchev–Trinajstić information content (AvgIpc) is 2.39. The third-order valence-electron chi connectivity index (χ3n) is 4.96. The quantitative estimate of drug-likeness (QED) is 0.562. The summed E-state index contributed by atoms with van der Waals surface area (Å²) in [6.45, 7) is 9.99. The normalized spacial score (nSPS) is 56.3. The summed E-state index contributed by atoms with van der Waals surface area (Å²) in [5, 5.41) is 6.82. The summed E-state index contributed by atoms with van der Waals surface area (Å²) in [6.07, 6.45) is 0. The zero-order valence-corrected chi connectivity index (χ0v) is 11.7. The number of rotatable bonds is 0. The molecule has 1 heteroatoms. The van der Waals surface area contributed by atoms with Crippen LogP contribution in [0.5, 0.6) is 0 Å². The van der Waals surface area contributed by atoms with Gasteiger partial charge in [-0.15, -0.1) is 0 Å². The molecule has 0 nitrogen and oxygen atoms in total. The Bertz CT molecular complexity index is 154. The van der Waals surface area contributed by atoms with E-state index in [4.69, 9.17) is 0 Å². The molecule has 76 valence electrons. The van der Waals surface area contributed by atoms with E-state index >= 15 is 0 Å². The van der Waals surface area contributed by atoms with Crippen molar-refractivity contribution in [1.82, 2.24) is 0 Å². The molecule has 13 heavy (non-hydrogen) atoms. The molecular weight excluding hydrogens is 217 g/mol. The molecule has 4 unspecified atom stereocenters. The molecule has 0 bridgehead atoms. The first-order chi connectivity index (χ1) is 6.02. The summed E-state index contributed by atoms with van der Waals surface area (Å²) >= 11 is -1.25. The second kappa shape index (κ2) is 3.29. The van der Waals surface area contributed by atoms with Gasteiger partial charge in [0.05, 0.1) is 0 Å². The fourth-order valence-corrected chi connectivity index (χ4v) is 21.0. The molecule has 2 saturated heterocycles. The van der Waals surface area contributed by atoms with Crippen LogP contribution >= 0.6 is 0 Å². The zero-order valence-electron chi connectivity index (χ0n) is 9.64. The Kier molecular flexibility index (Phi) is 2.55. The Balaban J connectivity index is 2.08. The Hall–Kier alpha value is 0.543. The van der Waals surface area contributed by atoms with Crippen LogP contribution in [0, 0.1) is 23.7 Å². The van der Waals surface area contributed by atoms with Gasteiger partial charge in [0.2, 0.25) is 0 Å². The SMILES string of the molecule is CC1[CH2][Ge]2([CH2]C1C)[CH2]C(C)C(C)[CH2]2. The predicted molar refractivity (Wildman–Crippen MR) is 61.6 cm³/mol. The van der Waals surface area contributed by atoms with E-state index < -0.39 is 13.3 Å². The standard InChI is InChI=1S/C12H24Ge/c1-9-5-13(6-10(9)2)7-11(3)12(4)8-13/h9-12H,5-8H2,1-4H3. The van der Waals surface area contributed by atoms with Gasteiger partial charge < -0.3 is 0 Å². The van der Waals surface area contributed by atoms with Gasteiger partial charge in [0.25, 0.3) is 0 Å². The molecule has 0 amide bonds. The van der Waals surface area contributed by atoms with Crippen molar-refractivity contribution in [2.24, 2.45) is 23.7 Å². The second-order valence-corrected chi connectivity index (χ2v) is 15.9. The van der Waals surface area contributed by atoms with E-state index in [1.807, 2.05) is 0 Å². The molecule has 2 heterocycles. The summed E-state index contributed by atoms with van der Waals surface area (Å²) < 4.78 is 0. The van der Waals surface area contributed by atoms with Gasteiger partial charge in [-0.1, -0.05) is 0 Å². The second-order valence-electron chi connectivity index (χ2n) is 6.23. The first-order valence-electron chi connectivity index (χ1n) is 6.02. The van der Waals surface area contributed by atoms with Crippen LogP contribution in [0.2, 0.25) is 21.0 Å². The van der Waals surface area contributed by atoms with Crippen molar-refractivity contribution in [3.63, 3.8) is 0 Å². The topological polar surface area (TPSA) is 0 Å². The average molecular weight is 241 g/mol. The Morgan fingerprint density at radius 2 is 0.846 bits per heavy atom. The fourth-order valence-electron chi connectivity index (χ4n) is 4.04. The number of hydrogen-bond donors (Lipinski definition) is 0. The van der Waals surface area contributed by atoms with Crippen molar-refractivity contribution >= 4 is 13.3 Å². The molecule has 0 aromatic carbocycles. The Labute approximate surface area is 85.8 Å². The molecular formula is C12H24Ge. The first kappa shape index (κ1) is 10.1. The van der Waals surface area contributed by atoms with E-state index in [0.29, 0.717) is 0 Å². The van der Waals surface area contributed by atoms with Gasteiger partial charge in [-0.05, 0) is 0 Å². The van der Waals surface area contributed by atoms with Gasteiger partial charge in [0, 0.05) is 0 Å². The van der Waals surface area contributed by atoms with Gasteiger partial charge in [-0.25, -0.2) is 0 Å². The Morgan fingerprint density at radius 1 is 0.615 bits per heavy atom. The summed E-state index contributed by atoms with van der Waals surface area (Å²) in [7, 11) is 0. The predicted octanol–water partition coefficient (Wildman–Crippen LogP) is 4.01. The minimum absolute atomic E-state index is 1.07. The monoisotopic (exact) mass is 242 g/mol. The summed E-state index contributed by atoms with van der Waals surface area (Å²) in [5.74, 6) is 4.27.